The third-order valence-corrected chi connectivity index (χ3v) is 5.73. The van der Waals surface area contributed by atoms with E-state index in [9.17, 15) is 9.90 Å². The summed E-state index contributed by atoms with van der Waals surface area (Å²) >= 11 is 0. The lowest BCUT2D eigenvalue weighted by Crippen LogP contribution is -2.39. The van der Waals surface area contributed by atoms with Gasteiger partial charge < -0.3 is 5.11 Å². The minimum Gasteiger partial charge on any atom is -0.480 e. The highest BCUT2D eigenvalue weighted by Gasteiger charge is 2.37. The van der Waals surface area contributed by atoms with Crippen molar-refractivity contribution in [3.05, 3.63) is 83.4 Å². The number of carbonyl (C=O) groups is 1. The van der Waals surface area contributed by atoms with Crippen molar-refractivity contribution in [1.82, 2.24) is 4.90 Å². The summed E-state index contributed by atoms with van der Waals surface area (Å²) in [7, 11) is 0. The molecular weight excluding hydrogens is 334 g/mol. The van der Waals surface area contributed by atoms with Gasteiger partial charge in [0.05, 0.1) is 6.04 Å². The third-order valence-electron chi connectivity index (χ3n) is 5.73. The molecule has 138 valence electrons. The molecule has 3 aromatic rings. The average Bonchev–Trinajstić information content (AvgIpc) is 3.19. The van der Waals surface area contributed by atoms with Crippen LogP contribution in [0.15, 0.2) is 66.7 Å². The lowest BCUT2D eigenvalue weighted by atomic mass is 9.91. The summed E-state index contributed by atoms with van der Waals surface area (Å²) in [6.45, 7) is 2.96. The van der Waals surface area contributed by atoms with E-state index < -0.39 is 12.0 Å². The number of fused-ring (bicyclic) bond motifs is 1. The monoisotopic (exact) mass is 359 g/mol. The van der Waals surface area contributed by atoms with Crippen molar-refractivity contribution < 1.29 is 9.90 Å². The Morgan fingerprint density at radius 2 is 1.81 bits per heavy atom. The Hall–Kier alpha value is -2.65. The zero-order valence-corrected chi connectivity index (χ0v) is 15.6. The number of hydrogen-bond acceptors (Lipinski definition) is 2. The molecule has 1 fully saturated rings. The van der Waals surface area contributed by atoms with Gasteiger partial charge in [0.25, 0.3) is 0 Å². The summed E-state index contributed by atoms with van der Waals surface area (Å²) in [5, 5.41) is 12.2. The van der Waals surface area contributed by atoms with Crippen LogP contribution < -0.4 is 0 Å². The van der Waals surface area contributed by atoms with Gasteiger partial charge in [-0.25, -0.2) is 0 Å². The van der Waals surface area contributed by atoms with E-state index in [2.05, 4.69) is 72.5 Å². The Labute approximate surface area is 160 Å². The van der Waals surface area contributed by atoms with Gasteiger partial charge in [-0.05, 0) is 46.7 Å². The number of rotatable bonds is 5. The summed E-state index contributed by atoms with van der Waals surface area (Å²) < 4.78 is 0. The number of hydrogen-bond donors (Lipinski definition) is 1. The van der Waals surface area contributed by atoms with Gasteiger partial charge in [0.1, 0.15) is 6.04 Å². The summed E-state index contributed by atoms with van der Waals surface area (Å²) in [5.74, 6) is -0.720. The van der Waals surface area contributed by atoms with E-state index in [-0.39, 0.29) is 6.04 Å². The first-order chi connectivity index (χ1) is 13.2. The summed E-state index contributed by atoms with van der Waals surface area (Å²) in [6.07, 6.45) is 2.63. The molecule has 0 aliphatic carbocycles. The maximum absolute atomic E-state index is 11.9. The Morgan fingerprint density at radius 3 is 2.56 bits per heavy atom. The molecule has 1 N–H and O–H groups in total. The zero-order valence-electron chi connectivity index (χ0n) is 15.6. The molecule has 1 heterocycles. The summed E-state index contributed by atoms with van der Waals surface area (Å²) in [5.41, 5.74) is 3.65. The molecule has 0 radical (unpaired) electrons. The second-order valence-corrected chi connectivity index (χ2v) is 7.30. The van der Waals surface area contributed by atoms with Crippen LogP contribution in [-0.2, 0) is 11.2 Å². The normalized spacial score (nSPS) is 18.6. The first-order valence-corrected chi connectivity index (χ1v) is 9.74. The summed E-state index contributed by atoms with van der Waals surface area (Å²) in [6, 6.07) is 22.9. The number of nitrogens with zero attached hydrogens (tertiary/aromatic N) is 1. The fraction of sp³-hybridized carbons (Fsp3) is 0.292. The van der Waals surface area contributed by atoms with Crippen molar-refractivity contribution in [2.24, 2.45) is 0 Å². The van der Waals surface area contributed by atoms with E-state index in [1.165, 1.54) is 21.9 Å². The number of benzene rings is 3. The number of carboxylic acids is 1. The highest BCUT2D eigenvalue weighted by atomic mass is 16.4. The predicted molar refractivity (Wildman–Crippen MR) is 109 cm³/mol. The Bertz CT molecular complexity index is 943. The molecular formula is C24H25NO2. The molecule has 3 aromatic carbocycles. The van der Waals surface area contributed by atoms with Crippen LogP contribution in [0.5, 0.6) is 0 Å². The van der Waals surface area contributed by atoms with Crippen LogP contribution >= 0.6 is 0 Å². The zero-order chi connectivity index (χ0) is 18.8. The number of likely N-dealkylation sites (tertiary alicyclic amines) is 1. The summed E-state index contributed by atoms with van der Waals surface area (Å²) in [4.78, 5) is 14.1. The molecule has 1 saturated heterocycles. The molecule has 4 rings (SSSR count). The van der Waals surface area contributed by atoms with Gasteiger partial charge >= 0.3 is 5.97 Å². The van der Waals surface area contributed by atoms with E-state index in [0.717, 1.165) is 24.9 Å². The molecule has 2 atom stereocenters. The Kier molecular flexibility index (Phi) is 4.95. The fourth-order valence-corrected chi connectivity index (χ4v) is 4.34. The molecule has 3 heteroatoms. The fourth-order valence-electron chi connectivity index (χ4n) is 4.34. The van der Waals surface area contributed by atoms with Crippen LogP contribution in [0, 0.1) is 0 Å². The Morgan fingerprint density at radius 1 is 1.07 bits per heavy atom. The second kappa shape index (κ2) is 7.53. The molecule has 1 aliphatic rings. The molecule has 2 unspecified atom stereocenters. The third kappa shape index (κ3) is 3.35. The molecule has 27 heavy (non-hydrogen) atoms. The van der Waals surface area contributed by atoms with Gasteiger partial charge in [0.2, 0.25) is 0 Å². The van der Waals surface area contributed by atoms with Crippen LogP contribution in [0.2, 0.25) is 0 Å². The van der Waals surface area contributed by atoms with E-state index in [4.69, 9.17) is 0 Å². The lowest BCUT2D eigenvalue weighted by molar-refractivity contribution is -0.142. The number of aryl methyl sites for hydroxylation is 1. The molecule has 0 bridgehead atoms. The highest BCUT2D eigenvalue weighted by molar-refractivity contribution is 5.86. The van der Waals surface area contributed by atoms with Crippen LogP contribution in [-0.4, -0.2) is 28.6 Å². The van der Waals surface area contributed by atoms with Gasteiger partial charge in [-0.1, -0.05) is 73.7 Å². The van der Waals surface area contributed by atoms with Gasteiger partial charge in [0.15, 0.2) is 0 Å². The smallest absolute Gasteiger partial charge is 0.320 e. The van der Waals surface area contributed by atoms with Gasteiger partial charge in [-0.3, -0.25) is 9.69 Å². The van der Waals surface area contributed by atoms with Gasteiger partial charge in [-0.2, -0.15) is 0 Å². The molecule has 0 spiro atoms. The van der Waals surface area contributed by atoms with Crippen molar-refractivity contribution in [2.45, 2.75) is 38.3 Å². The SMILES string of the molecule is CCc1ccc(C(c2cccc3ccccc23)N2CCCC2C(=O)O)cc1. The largest absolute Gasteiger partial charge is 0.480 e. The number of carboxylic acid groups (broad SMARTS) is 1. The lowest BCUT2D eigenvalue weighted by Gasteiger charge is -2.33. The van der Waals surface area contributed by atoms with Crippen LogP contribution in [0.4, 0.5) is 0 Å². The standard InChI is InChI=1S/C24H25NO2/c1-2-17-12-14-19(15-13-17)23(25-16-6-11-22(25)24(26)27)21-10-5-8-18-7-3-4-9-20(18)21/h3-5,7-10,12-15,22-23H,2,6,11,16H2,1H3,(H,26,27). The Balaban J connectivity index is 1.88. The van der Waals surface area contributed by atoms with Gasteiger partial charge in [-0.15, -0.1) is 0 Å². The van der Waals surface area contributed by atoms with Crippen molar-refractivity contribution in [1.29, 1.82) is 0 Å². The van der Waals surface area contributed by atoms with E-state index in [1.807, 2.05) is 6.07 Å². The van der Waals surface area contributed by atoms with Crippen molar-refractivity contribution >= 4 is 16.7 Å². The maximum Gasteiger partial charge on any atom is 0.320 e. The molecule has 1 aliphatic heterocycles. The molecule has 3 nitrogen and oxygen atoms in total. The van der Waals surface area contributed by atoms with E-state index >= 15 is 0 Å². The van der Waals surface area contributed by atoms with Crippen molar-refractivity contribution in [3.63, 3.8) is 0 Å². The molecule has 0 saturated carbocycles. The first-order valence-electron chi connectivity index (χ1n) is 9.74. The van der Waals surface area contributed by atoms with Crippen LogP contribution in [0.25, 0.3) is 10.8 Å². The molecule has 0 aromatic heterocycles. The van der Waals surface area contributed by atoms with E-state index in [0.29, 0.717) is 6.42 Å². The number of aliphatic carboxylic acids is 1. The van der Waals surface area contributed by atoms with Crippen LogP contribution in [0.3, 0.4) is 0 Å². The van der Waals surface area contributed by atoms with Crippen molar-refractivity contribution in [3.8, 4) is 0 Å². The van der Waals surface area contributed by atoms with Crippen molar-refractivity contribution in [2.75, 3.05) is 6.54 Å². The minimum atomic E-state index is -0.720. The quantitative estimate of drug-likeness (QED) is 0.694. The highest BCUT2D eigenvalue weighted by Crippen LogP contribution is 2.38. The maximum atomic E-state index is 11.9. The minimum absolute atomic E-state index is 0.0504. The van der Waals surface area contributed by atoms with Crippen LogP contribution in [0.1, 0.15) is 42.5 Å². The second-order valence-electron chi connectivity index (χ2n) is 7.30. The molecule has 0 amide bonds. The predicted octanol–water partition coefficient (Wildman–Crippen LogP) is 5.04. The topological polar surface area (TPSA) is 40.5 Å². The average molecular weight is 359 g/mol. The first kappa shape index (κ1) is 17.7. The van der Waals surface area contributed by atoms with Gasteiger partial charge in [0, 0.05) is 6.54 Å². The van der Waals surface area contributed by atoms with E-state index in [1.54, 1.807) is 0 Å².